The Kier molecular flexibility index (Phi) is 8.11. The number of hydrogen-bond acceptors (Lipinski definition) is 1. The molecule has 2 nitrogen and oxygen atoms in total. The fourth-order valence-corrected chi connectivity index (χ4v) is 2.77. The first-order valence-corrected chi connectivity index (χ1v) is 8.50. The zero-order valence-corrected chi connectivity index (χ0v) is 14.2. The van der Waals surface area contributed by atoms with Gasteiger partial charge >= 0.3 is 0 Å². The number of rotatable bonds is 9. The number of nitrogens with zero attached hydrogens (tertiary/aromatic N) is 1. The molecule has 0 fully saturated rings. The van der Waals surface area contributed by atoms with Crippen molar-refractivity contribution >= 4 is 5.91 Å². The van der Waals surface area contributed by atoms with Crippen molar-refractivity contribution in [1.82, 2.24) is 4.90 Å². The summed E-state index contributed by atoms with van der Waals surface area (Å²) in [6.45, 7) is 10.2. The highest BCUT2D eigenvalue weighted by molar-refractivity contribution is 5.94. The van der Waals surface area contributed by atoms with Gasteiger partial charge < -0.3 is 4.90 Å². The van der Waals surface area contributed by atoms with Crippen molar-refractivity contribution < 1.29 is 4.79 Å². The molecule has 0 aliphatic carbocycles. The predicted molar refractivity (Wildman–Crippen MR) is 90.7 cm³/mol. The summed E-state index contributed by atoms with van der Waals surface area (Å²) in [4.78, 5) is 14.3. The van der Waals surface area contributed by atoms with E-state index in [-0.39, 0.29) is 5.91 Å². The van der Waals surface area contributed by atoms with Gasteiger partial charge in [-0.15, -0.1) is 0 Å². The first kappa shape index (κ1) is 17.7. The lowest BCUT2D eigenvalue weighted by molar-refractivity contribution is 0.0773. The van der Waals surface area contributed by atoms with E-state index in [9.17, 15) is 4.79 Å². The molecule has 21 heavy (non-hydrogen) atoms. The Morgan fingerprint density at radius 3 is 2.48 bits per heavy atom. The minimum Gasteiger partial charge on any atom is -0.339 e. The molecule has 0 saturated heterocycles. The molecular weight excluding hydrogens is 258 g/mol. The van der Waals surface area contributed by atoms with Gasteiger partial charge in [0, 0.05) is 18.7 Å². The highest BCUT2D eigenvalue weighted by atomic mass is 16.2. The molecule has 0 aromatic heterocycles. The van der Waals surface area contributed by atoms with Gasteiger partial charge in [0.2, 0.25) is 0 Å². The molecule has 1 amide bonds. The fraction of sp³-hybridized carbons (Fsp3) is 0.632. The molecule has 1 rings (SSSR count). The third kappa shape index (κ3) is 5.91. The van der Waals surface area contributed by atoms with Gasteiger partial charge in [0.05, 0.1) is 0 Å². The summed E-state index contributed by atoms with van der Waals surface area (Å²) in [5, 5.41) is 0. The fourth-order valence-electron chi connectivity index (χ4n) is 2.77. The van der Waals surface area contributed by atoms with E-state index in [1.807, 2.05) is 30.9 Å². The smallest absolute Gasteiger partial charge is 0.253 e. The lowest BCUT2D eigenvalue weighted by Gasteiger charge is -2.19. The Bertz CT molecular complexity index is 423. The van der Waals surface area contributed by atoms with Gasteiger partial charge in [-0.05, 0) is 43.9 Å². The second-order valence-electron chi connectivity index (χ2n) is 5.98. The van der Waals surface area contributed by atoms with E-state index in [1.165, 1.54) is 31.2 Å². The van der Waals surface area contributed by atoms with E-state index in [1.54, 1.807) is 0 Å². The van der Waals surface area contributed by atoms with Crippen molar-refractivity contribution in [1.29, 1.82) is 0 Å². The van der Waals surface area contributed by atoms with E-state index < -0.39 is 0 Å². The largest absolute Gasteiger partial charge is 0.339 e. The van der Waals surface area contributed by atoms with Gasteiger partial charge in [0.1, 0.15) is 0 Å². The van der Waals surface area contributed by atoms with Crippen LogP contribution in [0.5, 0.6) is 0 Å². The summed E-state index contributed by atoms with van der Waals surface area (Å²) >= 11 is 0. The molecule has 2 heteroatoms. The van der Waals surface area contributed by atoms with Crippen LogP contribution in [0.15, 0.2) is 24.3 Å². The summed E-state index contributed by atoms with van der Waals surface area (Å²) in [5.41, 5.74) is 2.12. The third-order valence-corrected chi connectivity index (χ3v) is 4.11. The van der Waals surface area contributed by atoms with Crippen LogP contribution in [-0.4, -0.2) is 23.9 Å². The quantitative estimate of drug-likeness (QED) is 0.590. The standard InChI is InChI=1S/C19H31NO/c1-5-8-9-11-16(4)14-17-12-10-13-18(15-17)19(21)20(6-2)7-3/h10,12-13,15-16H,5-9,11,14H2,1-4H3. The lowest BCUT2D eigenvalue weighted by Crippen LogP contribution is -2.30. The zero-order valence-electron chi connectivity index (χ0n) is 14.2. The Labute approximate surface area is 130 Å². The van der Waals surface area contributed by atoms with Crippen molar-refractivity contribution in [3.05, 3.63) is 35.4 Å². The molecule has 1 unspecified atom stereocenters. The van der Waals surface area contributed by atoms with Crippen molar-refractivity contribution in [2.45, 2.75) is 59.8 Å². The summed E-state index contributed by atoms with van der Waals surface area (Å²) in [6, 6.07) is 8.18. The van der Waals surface area contributed by atoms with Gasteiger partial charge in [-0.25, -0.2) is 0 Å². The number of hydrogen-bond donors (Lipinski definition) is 0. The maximum absolute atomic E-state index is 12.4. The van der Waals surface area contributed by atoms with Crippen LogP contribution >= 0.6 is 0 Å². The Hall–Kier alpha value is -1.31. The summed E-state index contributed by atoms with van der Waals surface area (Å²) < 4.78 is 0. The SMILES string of the molecule is CCCCCC(C)Cc1cccc(C(=O)N(CC)CC)c1. The number of amides is 1. The van der Waals surface area contributed by atoms with E-state index in [4.69, 9.17) is 0 Å². The number of benzene rings is 1. The van der Waals surface area contributed by atoms with Crippen molar-refractivity contribution in [2.75, 3.05) is 13.1 Å². The van der Waals surface area contributed by atoms with E-state index in [0.29, 0.717) is 5.92 Å². The normalized spacial score (nSPS) is 12.2. The molecule has 0 spiro atoms. The molecule has 0 heterocycles. The van der Waals surface area contributed by atoms with Gasteiger partial charge in [-0.1, -0.05) is 51.7 Å². The maximum Gasteiger partial charge on any atom is 0.253 e. The summed E-state index contributed by atoms with van der Waals surface area (Å²) in [7, 11) is 0. The Morgan fingerprint density at radius 1 is 1.14 bits per heavy atom. The first-order valence-electron chi connectivity index (χ1n) is 8.50. The van der Waals surface area contributed by atoms with Gasteiger partial charge in [0.15, 0.2) is 0 Å². The predicted octanol–water partition coefficient (Wildman–Crippen LogP) is 4.93. The van der Waals surface area contributed by atoms with E-state index >= 15 is 0 Å². The Morgan fingerprint density at radius 2 is 1.86 bits per heavy atom. The van der Waals surface area contributed by atoms with Gasteiger partial charge in [-0.3, -0.25) is 4.79 Å². The van der Waals surface area contributed by atoms with Crippen LogP contribution in [0.25, 0.3) is 0 Å². The van der Waals surface area contributed by atoms with Crippen LogP contribution in [0.3, 0.4) is 0 Å². The summed E-state index contributed by atoms with van der Waals surface area (Å²) in [5.74, 6) is 0.843. The van der Waals surface area contributed by atoms with Crippen LogP contribution in [0.2, 0.25) is 0 Å². The minimum absolute atomic E-state index is 0.153. The van der Waals surface area contributed by atoms with Crippen LogP contribution in [0.4, 0.5) is 0 Å². The molecule has 1 atom stereocenters. The van der Waals surface area contributed by atoms with E-state index in [0.717, 1.165) is 25.1 Å². The maximum atomic E-state index is 12.4. The molecule has 1 aromatic carbocycles. The topological polar surface area (TPSA) is 20.3 Å². The van der Waals surface area contributed by atoms with Crippen LogP contribution in [0, 0.1) is 5.92 Å². The molecule has 0 bridgehead atoms. The molecular formula is C19H31NO. The monoisotopic (exact) mass is 289 g/mol. The van der Waals surface area contributed by atoms with Crippen LogP contribution < -0.4 is 0 Å². The van der Waals surface area contributed by atoms with Crippen LogP contribution in [-0.2, 0) is 6.42 Å². The Balaban J connectivity index is 2.65. The van der Waals surface area contributed by atoms with Gasteiger partial charge in [0.25, 0.3) is 5.91 Å². The zero-order chi connectivity index (χ0) is 15.7. The lowest BCUT2D eigenvalue weighted by atomic mass is 9.94. The van der Waals surface area contributed by atoms with Crippen molar-refractivity contribution in [3.63, 3.8) is 0 Å². The number of carbonyl (C=O) groups excluding carboxylic acids is 1. The van der Waals surface area contributed by atoms with Crippen LogP contribution in [0.1, 0.15) is 69.3 Å². The molecule has 1 aromatic rings. The van der Waals surface area contributed by atoms with Crippen molar-refractivity contribution in [2.24, 2.45) is 5.92 Å². The second-order valence-corrected chi connectivity index (χ2v) is 5.98. The second kappa shape index (κ2) is 9.59. The molecule has 0 N–H and O–H groups in total. The summed E-state index contributed by atoms with van der Waals surface area (Å²) in [6.07, 6.45) is 6.27. The highest BCUT2D eigenvalue weighted by Crippen LogP contribution is 2.17. The number of carbonyl (C=O) groups is 1. The van der Waals surface area contributed by atoms with E-state index in [2.05, 4.69) is 26.0 Å². The molecule has 0 saturated carbocycles. The van der Waals surface area contributed by atoms with Crippen molar-refractivity contribution in [3.8, 4) is 0 Å². The average molecular weight is 289 g/mol. The molecule has 0 radical (unpaired) electrons. The third-order valence-electron chi connectivity index (χ3n) is 4.11. The average Bonchev–Trinajstić information content (AvgIpc) is 2.49. The molecule has 0 aliphatic rings. The molecule has 0 aliphatic heterocycles. The first-order chi connectivity index (χ1) is 10.1. The minimum atomic E-state index is 0.153. The molecule has 118 valence electrons. The highest BCUT2D eigenvalue weighted by Gasteiger charge is 2.13. The number of unbranched alkanes of at least 4 members (excludes halogenated alkanes) is 2. The van der Waals surface area contributed by atoms with Gasteiger partial charge in [-0.2, -0.15) is 0 Å².